The predicted octanol–water partition coefficient (Wildman–Crippen LogP) is 4.85. The molecule has 0 spiro atoms. The topological polar surface area (TPSA) is 116 Å². The minimum Gasteiger partial charge on any atom is -0.480 e. The number of carboxylic acid groups (broad SMARTS) is 1. The molecule has 8 nitrogen and oxygen atoms in total. The zero-order chi connectivity index (χ0) is 25.2. The molecule has 1 fully saturated rings. The Morgan fingerprint density at radius 3 is 2.14 bits per heavy atom. The highest BCUT2D eigenvalue weighted by molar-refractivity contribution is 7.89. The van der Waals surface area contributed by atoms with Gasteiger partial charge in [0, 0.05) is 17.9 Å². The standard InChI is InChI=1S/C26H27N3O5S/c1-17-5-14-23(18(2)16-17)28-26(32)27-21-10-6-19(7-11-21)20-8-12-22(13-9-20)35(33,34)29-15-3-4-24(29)25(30)31/h5-14,16,24H,3-4,15H2,1-2H3,(H,30,31)(H2,27,28,32)/t24-/m0/s1. The number of urea groups is 1. The summed E-state index contributed by atoms with van der Waals surface area (Å²) in [7, 11) is -3.89. The Kier molecular flexibility index (Phi) is 6.90. The molecule has 9 heteroatoms. The Balaban J connectivity index is 1.43. The fourth-order valence-corrected chi connectivity index (χ4v) is 5.86. The highest BCUT2D eigenvalue weighted by Crippen LogP contribution is 2.28. The van der Waals surface area contributed by atoms with Gasteiger partial charge in [-0.1, -0.05) is 42.0 Å². The Bertz CT molecular complexity index is 1350. The summed E-state index contributed by atoms with van der Waals surface area (Å²) in [4.78, 5) is 23.8. The van der Waals surface area contributed by atoms with Crippen LogP contribution in [0.5, 0.6) is 0 Å². The van der Waals surface area contributed by atoms with E-state index in [1.165, 1.54) is 12.1 Å². The van der Waals surface area contributed by atoms with Crippen LogP contribution in [0.4, 0.5) is 16.2 Å². The Hall–Kier alpha value is -3.69. The lowest BCUT2D eigenvalue weighted by Crippen LogP contribution is -2.40. The van der Waals surface area contributed by atoms with Gasteiger partial charge in [-0.05, 0) is 73.7 Å². The fraction of sp³-hybridized carbons (Fsp3) is 0.231. The first-order chi connectivity index (χ1) is 16.6. The molecule has 3 aromatic rings. The van der Waals surface area contributed by atoms with Crippen molar-refractivity contribution in [1.29, 1.82) is 0 Å². The second-order valence-electron chi connectivity index (χ2n) is 8.61. The summed E-state index contributed by atoms with van der Waals surface area (Å²) >= 11 is 0. The molecule has 35 heavy (non-hydrogen) atoms. The van der Waals surface area contributed by atoms with Crippen molar-refractivity contribution in [3.05, 3.63) is 77.9 Å². The van der Waals surface area contributed by atoms with Gasteiger partial charge in [0.1, 0.15) is 6.04 Å². The van der Waals surface area contributed by atoms with E-state index >= 15 is 0 Å². The summed E-state index contributed by atoms with van der Waals surface area (Å²) in [5.74, 6) is -1.13. The molecule has 3 aromatic carbocycles. The lowest BCUT2D eigenvalue weighted by atomic mass is 10.1. The Labute approximate surface area is 204 Å². The molecule has 1 aliphatic rings. The molecule has 0 radical (unpaired) electrons. The van der Waals surface area contributed by atoms with Gasteiger partial charge in [0.05, 0.1) is 4.90 Å². The summed E-state index contributed by atoms with van der Waals surface area (Å²) < 4.78 is 26.9. The largest absolute Gasteiger partial charge is 0.480 e. The molecule has 182 valence electrons. The van der Waals surface area contributed by atoms with E-state index in [4.69, 9.17) is 0 Å². The van der Waals surface area contributed by atoms with Crippen molar-refractivity contribution >= 4 is 33.4 Å². The first-order valence-corrected chi connectivity index (χ1v) is 12.7. The van der Waals surface area contributed by atoms with Gasteiger partial charge in [-0.25, -0.2) is 13.2 Å². The molecule has 0 unspecified atom stereocenters. The number of carboxylic acids is 1. The first-order valence-electron chi connectivity index (χ1n) is 11.3. The van der Waals surface area contributed by atoms with E-state index in [1.807, 2.05) is 44.2 Å². The number of carbonyl (C=O) groups excluding carboxylic acids is 1. The first kappa shape index (κ1) is 24.4. The van der Waals surface area contributed by atoms with Crippen LogP contribution in [0, 0.1) is 13.8 Å². The molecule has 1 aliphatic heterocycles. The summed E-state index contributed by atoms with van der Waals surface area (Å²) in [6.07, 6.45) is 0.840. The molecule has 1 heterocycles. The number of hydrogen-bond donors (Lipinski definition) is 3. The molecule has 1 saturated heterocycles. The van der Waals surface area contributed by atoms with E-state index in [1.54, 1.807) is 24.3 Å². The number of carbonyl (C=O) groups is 2. The summed E-state index contributed by atoms with van der Waals surface area (Å²) in [6.45, 7) is 4.13. The number of nitrogens with one attached hydrogen (secondary N) is 2. The quantitative estimate of drug-likeness (QED) is 0.454. The third-order valence-electron chi connectivity index (χ3n) is 6.06. The van der Waals surface area contributed by atoms with Crippen LogP contribution < -0.4 is 10.6 Å². The summed E-state index contributed by atoms with van der Waals surface area (Å²) in [6, 6.07) is 18.0. The number of amides is 2. The molecule has 0 aliphatic carbocycles. The molecule has 4 rings (SSSR count). The van der Waals surface area contributed by atoms with Crippen LogP contribution in [0.15, 0.2) is 71.6 Å². The van der Waals surface area contributed by atoms with Gasteiger partial charge < -0.3 is 15.7 Å². The number of hydrogen-bond acceptors (Lipinski definition) is 4. The number of aliphatic carboxylic acids is 1. The van der Waals surface area contributed by atoms with E-state index in [0.29, 0.717) is 18.5 Å². The van der Waals surface area contributed by atoms with Crippen molar-refractivity contribution in [2.24, 2.45) is 0 Å². The van der Waals surface area contributed by atoms with Gasteiger partial charge in [-0.3, -0.25) is 4.79 Å². The maximum atomic E-state index is 12.9. The highest BCUT2D eigenvalue weighted by Gasteiger charge is 2.39. The maximum absolute atomic E-state index is 12.9. The zero-order valence-electron chi connectivity index (χ0n) is 19.5. The maximum Gasteiger partial charge on any atom is 0.323 e. The van der Waals surface area contributed by atoms with Crippen LogP contribution in [0.3, 0.4) is 0 Å². The van der Waals surface area contributed by atoms with E-state index in [9.17, 15) is 23.1 Å². The Morgan fingerprint density at radius 2 is 1.54 bits per heavy atom. The minimum absolute atomic E-state index is 0.0655. The van der Waals surface area contributed by atoms with Crippen LogP contribution in [-0.2, 0) is 14.8 Å². The number of benzene rings is 3. The lowest BCUT2D eigenvalue weighted by Gasteiger charge is -2.21. The zero-order valence-corrected chi connectivity index (χ0v) is 20.3. The number of sulfonamides is 1. The normalized spacial score (nSPS) is 16.1. The molecule has 1 atom stereocenters. The van der Waals surface area contributed by atoms with Crippen molar-refractivity contribution in [3.63, 3.8) is 0 Å². The highest BCUT2D eigenvalue weighted by atomic mass is 32.2. The van der Waals surface area contributed by atoms with Gasteiger partial charge in [-0.2, -0.15) is 4.31 Å². The molecular weight excluding hydrogens is 466 g/mol. The number of rotatable bonds is 6. The molecule has 0 aromatic heterocycles. The monoisotopic (exact) mass is 493 g/mol. The molecule has 2 amide bonds. The number of nitrogens with zero attached hydrogens (tertiary/aromatic N) is 1. The van der Waals surface area contributed by atoms with Crippen LogP contribution in [0.1, 0.15) is 24.0 Å². The molecule has 0 bridgehead atoms. The number of anilines is 2. The van der Waals surface area contributed by atoms with Gasteiger partial charge >= 0.3 is 12.0 Å². The van der Waals surface area contributed by atoms with E-state index in [-0.39, 0.29) is 17.5 Å². The van der Waals surface area contributed by atoms with Gasteiger partial charge in [0.25, 0.3) is 0 Å². The molecule has 3 N–H and O–H groups in total. The van der Waals surface area contributed by atoms with E-state index < -0.39 is 22.0 Å². The van der Waals surface area contributed by atoms with E-state index in [2.05, 4.69) is 10.6 Å². The van der Waals surface area contributed by atoms with Crippen molar-refractivity contribution < 1.29 is 23.1 Å². The second kappa shape index (κ2) is 9.89. The van der Waals surface area contributed by atoms with E-state index in [0.717, 1.165) is 32.2 Å². The van der Waals surface area contributed by atoms with Crippen LogP contribution in [-0.4, -0.2) is 42.4 Å². The third-order valence-corrected chi connectivity index (χ3v) is 7.98. The Morgan fingerprint density at radius 1 is 0.914 bits per heavy atom. The summed E-state index contributed by atoms with van der Waals surface area (Å²) in [5, 5.41) is 15.0. The average Bonchev–Trinajstić information content (AvgIpc) is 3.33. The van der Waals surface area contributed by atoms with Crippen molar-refractivity contribution in [2.45, 2.75) is 37.6 Å². The van der Waals surface area contributed by atoms with Gasteiger partial charge in [0.2, 0.25) is 10.0 Å². The smallest absolute Gasteiger partial charge is 0.323 e. The minimum atomic E-state index is -3.89. The van der Waals surface area contributed by atoms with Crippen LogP contribution >= 0.6 is 0 Å². The average molecular weight is 494 g/mol. The second-order valence-corrected chi connectivity index (χ2v) is 10.5. The predicted molar refractivity (Wildman–Crippen MR) is 135 cm³/mol. The van der Waals surface area contributed by atoms with Crippen molar-refractivity contribution in [3.8, 4) is 11.1 Å². The van der Waals surface area contributed by atoms with Crippen LogP contribution in [0.25, 0.3) is 11.1 Å². The third kappa shape index (κ3) is 5.36. The van der Waals surface area contributed by atoms with Crippen LogP contribution in [0.2, 0.25) is 0 Å². The summed E-state index contributed by atoms with van der Waals surface area (Å²) in [5.41, 5.74) is 5.09. The van der Waals surface area contributed by atoms with Crippen molar-refractivity contribution in [2.75, 3.05) is 17.2 Å². The van der Waals surface area contributed by atoms with Gasteiger partial charge in [0.15, 0.2) is 0 Å². The van der Waals surface area contributed by atoms with Crippen molar-refractivity contribution in [1.82, 2.24) is 4.31 Å². The lowest BCUT2D eigenvalue weighted by molar-refractivity contribution is -0.140. The van der Waals surface area contributed by atoms with Gasteiger partial charge in [-0.15, -0.1) is 0 Å². The SMILES string of the molecule is Cc1ccc(NC(=O)Nc2ccc(-c3ccc(S(=O)(=O)N4CCC[C@H]4C(=O)O)cc3)cc2)c(C)c1. The fourth-order valence-electron chi connectivity index (χ4n) is 4.21. The molecule has 0 saturated carbocycles. The number of aryl methyl sites for hydroxylation is 2. The molecular formula is C26H27N3O5S.